The van der Waals surface area contributed by atoms with Crippen LogP contribution in [0, 0.1) is 6.92 Å². The van der Waals surface area contributed by atoms with Crippen LogP contribution < -0.4 is 0 Å². The molecular formula is C15H20N2. The van der Waals surface area contributed by atoms with Crippen molar-refractivity contribution >= 4 is 0 Å². The summed E-state index contributed by atoms with van der Waals surface area (Å²) >= 11 is 0. The molecule has 0 radical (unpaired) electrons. The van der Waals surface area contributed by atoms with Gasteiger partial charge in [0.1, 0.15) is 5.82 Å². The number of aryl methyl sites for hydroxylation is 2. The second kappa shape index (κ2) is 5.67. The first-order valence-corrected chi connectivity index (χ1v) is 6.42. The molecule has 0 saturated carbocycles. The predicted octanol–water partition coefficient (Wildman–Crippen LogP) is 4.12. The number of unbranched alkanes of at least 4 members (excludes halogenated alkanes) is 2. The molecule has 0 aliphatic rings. The Bertz CT molecular complexity index is 457. The van der Waals surface area contributed by atoms with Gasteiger partial charge in [-0.3, -0.25) is 0 Å². The van der Waals surface area contributed by atoms with Crippen molar-refractivity contribution in [2.75, 3.05) is 0 Å². The summed E-state index contributed by atoms with van der Waals surface area (Å²) in [6.07, 6.45) is 4.86. The standard InChI is InChI=1S/C15H20N2/c1-3-4-6-11-14-12(2)16-15(17-14)13-9-7-5-8-10-13/h5,7-10H,3-4,6,11H2,1-2H3,(H,16,17). The Morgan fingerprint density at radius 3 is 2.59 bits per heavy atom. The largest absolute Gasteiger partial charge is 0.342 e. The quantitative estimate of drug-likeness (QED) is 0.766. The molecule has 0 aliphatic carbocycles. The van der Waals surface area contributed by atoms with Crippen molar-refractivity contribution in [1.29, 1.82) is 0 Å². The molecule has 2 nitrogen and oxygen atoms in total. The summed E-state index contributed by atoms with van der Waals surface area (Å²) in [5, 5.41) is 0. The van der Waals surface area contributed by atoms with E-state index in [2.05, 4.69) is 31.0 Å². The van der Waals surface area contributed by atoms with Crippen LogP contribution >= 0.6 is 0 Å². The maximum Gasteiger partial charge on any atom is 0.137 e. The third-order valence-electron chi connectivity index (χ3n) is 3.05. The van der Waals surface area contributed by atoms with E-state index in [1.807, 2.05) is 18.2 Å². The fourth-order valence-electron chi connectivity index (χ4n) is 2.02. The SMILES string of the molecule is CCCCCc1nc(-c2ccccc2)[nH]c1C. The Hall–Kier alpha value is -1.57. The molecule has 17 heavy (non-hydrogen) atoms. The van der Waals surface area contributed by atoms with Gasteiger partial charge in [0, 0.05) is 11.3 Å². The van der Waals surface area contributed by atoms with Crippen LogP contribution in [0.15, 0.2) is 30.3 Å². The van der Waals surface area contributed by atoms with Gasteiger partial charge in [0.25, 0.3) is 0 Å². The van der Waals surface area contributed by atoms with Crippen LogP contribution in [0.3, 0.4) is 0 Å². The monoisotopic (exact) mass is 228 g/mol. The summed E-state index contributed by atoms with van der Waals surface area (Å²) in [5.74, 6) is 0.995. The number of rotatable bonds is 5. The number of nitrogens with one attached hydrogen (secondary N) is 1. The van der Waals surface area contributed by atoms with Gasteiger partial charge in [-0.25, -0.2) is 4.98 Å². The second-order valence-electron chi connectivity index (χ2n) is 4.48. The second-order valence-corrected chi connectivity index (χ2v) is 4.48. The number of aromatic amines is 1. The molecule has 2 rings (SSSR count). The first-order valence-electron chi connectivity index (χ1n) is 6.42. The molecule has 1 N–H and O–H groups in total. The van der Waals surface area contributed by atoms with E-state index >= 15 is 0 Å². The van der Waals surface area contributed by atoms with Crippen LogP contribution in [0.2, 0.25) is 0 Å². The van der Waals surface area contributed by atoms with E-state index in [0.717, 1.165) is 17.8 Å². The Kier molecular flexibility index (Phi) is 3.97. The number of hydrogen-bond donors (Lipinski definition) is 1. The summed E-state index contributed by atoms with van der Waals surface area (Å²) in [7, 11) is 0. The lowest BCUT2D eigenvalue weighted by Gasteiger charge is -1.96. The topological polar surface area (TPSA) is 28.7 Å². The minimum Gasteiger partial charge on any atom is -0.342 e. The lowest BCUT2D eigenvalue weighted by Crippen LogP contribution is -1.88. The number of benzene rings is 1. The number of hydrogen-bond acceptors (Lipinski definition) is 1. The maximum absolute atomic E-state index is 4.70. The van der Waals surface area contributed by atoms with Crippen LogP contribution in [0.1, 0.15) is 37.6 Å². The van der Waals surface area contributed by atoms with Gasteiger partial charge in [0.15, 0.2) is 0 Å². The highest BCUT2D eigenvalue weighted by molar-refractivity contribution is 5.55. The maximum atomic E-state index is 4.70. The fraction of sp³-hybridized carbons (Fsp3) is 0.400. The van der Waals surface area contributed by atoms with Crippen molar-refractivity contribution in [1.82, 2.24) is 9.97 Å². The van der Waals surface area contributed by atoms with E-state index in [0.29, 0.717) is 0 Å². The van der Waals surface area contributed by atoms with Gasteiger partial charge in [-0.2, -0.15) is 0 Å². The summed E-state index contributed by atoms with van der Waals surface area (Å²) in [5.41, 5.74) is 3.59. The molecule has 1 heterocycles. The molecule has 2 heteroatoms. The highest BCUT2D eigenvalue weighted by Gasteiger charge is 2.07. The molecule has 0 amide bonds. The van der Waals surface area contributed by atoms with Crippen LogP contribution in [-0.2, 0) is 6.42 Å². The van der Waals surface area contributed by atoms with Crippen molar-refractivity contribution < 1.29 is 0 Å². The Morgan fingerprint density at radius 2 is 1.88 bits per heavy atom. The predicted molar refractivity (Wildman–Crippen MR) is 72.0 cm³/mol. The van der Waals surface area contributed by atoms with E-state index in [1.54, 1.807) is 0 Å². The van der Waals surface area contributed by atoms with Gasteiger partial charge >= 0.3 is 0 Å². The molecule has 90 valence electrons. The van der Waals surface area contributed by atoms with Gasteiger partial charge in [-0.05, 0) is 19.8 Å². The molecule has 0 spiro atoms. The van der Waals surface area contributed by atoms with E-state index in [-0.39, 0.29) is 0 Å². The minimum absolute atomic E-state index is 0.995. The summed E-state index contributed by atoms with van der Waals surface area (Å²) in [6, 6.07) is 10.3. The number of aromatic nitrogens is 2. The molecule has 1 aromatic carbocycles. The van der Waals surface area contributed by atoms with Crippen molar-refractivity contribution in [3.63, 3.8) is 0 Å². The Balaban J connectivity index is 2.13. The molecule has 0 fully saturated rings. The van der Waals surface area contributed by atoms with E-state index in [1.165, 1.54) is 30.7 Å². The normalized spacial score (nSPS) is 10.7. The molecule has 0 unspecified atom stereocenters. The van der Waals surface area contributed by atoms with Gasteiger partial charge in [-0.15, -0.1) is 0 Å². The van der Waals surface area contributed by atoms with Gasteiger partial charge in [-0.1, -0.05) is 50.1 Å². The van der Waals surface area contributed by atoms with Crippen molar-refractivity contribution in [3.05, 3.63) is 41.7 Å². The Morgan fingerprint density at radius 1 is 1.12 bits per heavy atom. The zero-order valence-corrected chi connectivity index (χ0v) is 10.7. The third-order valence-corrected chi connectivity index (χ3v) is 3.05. The lowest BCUT2D eigenvalue weighted by atomic mass is 10.1. The number of imidazole rings is 1. The first kappa shape index (κ1) is 11.9. The van der Waals surface area contributed by atoms with E-state index < -0.39 is 0 Å². The third kappa shape index (κ3) is 2.96. The van der Waals surface area contributed by atoms with Crippen LogP contribution in [0.25, 0.3) is 11.4 Å². The number of nitrogens with zero attached hydrogens (tertiary/aromatic N) is 1. The highest BCUT2D eigenvalue weighted by atomic mass is 14.9. The van der Waals surface area contributed by atoms with Crippen molar-refractivity contribution in [3.8, 4) is 11.4 Å². The minimum atomic E-state index is 0.995. The van der Waals surface area contributed by atoms with Gasteiger partial charge in [0.05, 0.1) is 5.69 Å². The van der Waals surface area contributed by atoms with Gasteiger partial charge < -0.3 is 4.98 Å². The zero-order chi connectivity index (χ0) is 12.1. The molecule has 0 bridgehead atoms. The zero-order valence-electron chi connectivity index (χ0n) is 10.7. The van der Waals surface area contributed by atoms with Crippen LogP contribution in [0.4, 0.5) is 0 Å². The Labute approximate surface area is 103 Å². The highest BCUT2D eigenvalue weighted by Crippen LogP contribution is 2.18. The fourth-order valence-corrected chi connectivity index (χ4v) is 2.02. The molecule has 2 aromatic rings. The lowest BCUT2D eigenvalue weighted by molar-refractivity contribution is 0.707. The smallest absolute Gasteiger partial charge is 0.137 e. The molecule has 1 aromatic heterocycles. The van der Waals surface area contributed by atoms with E-state index in [9.17, 15) is 0 Å². The molecule has 0 saturated heterocycles. The van der Waals surface area contributed by atoms with Gasteiger partial charge in [0.2, 0.25) is 0 Å². The van der Waals surface area contributed by atoms with E-state index in [4.69, 9.17) is 4.98 Å². The average Bonchev–Trinajstić information content (AvgIpc) is 2.73. The summed E-state index contributed by atoms with van der Waals surface area (Å²) in [4.78, 5) is 8.07. The number of H-pyrrole nitrogens is 1. The van der Waals surface area contributed by atoms with Crippen molar-refractivity contribution in [2.24, 2.45) is 0 Å². The van der Waals surface area contributed by atoms with Crippen LogP contribution in [-0.4, -0.2) is 9.97 Å². The molecule has 0 atom stereocenters. The average molecular weight is 228 g/mol. The molecular weight excluding hydrogens is 208 g/mol. The summed E-state index contributed by atoms with van der Waals surface area (Å²) in [6.45, 7) is 4.34. The van der Waals surface area contributed by atoms with Crippen LogP contribution in [0.5, 0.6) is 0 Å². The summed E-state index contributed by atoms with van der Waals surface area (Å²) < 4.78 is 0. The first-order chi connectivity index (χ1) is 8.31. The molecule has 0 aliphatic heterocycles. The van der Waals surface area contributed by atoms with Crippen molar-refractivity contribution in [2.45, 2.75) is 39.5 Å².